The predicted octanol–water partition coefficient (Wildman–Crippen LogP) is 5.34. The fraction of sp³-hybridized carbons (Fsp3) is 0.129. The van der Waals surface area contributed by atoms with E-state index < -0.39 is 46.8 Å². The molecular weight excluding hydrogens is 622 g/mol. The summed E-state index contributed by atoms with van der Waals surface area (Å²) in [5, 5.41) is 24.0. The number of carboxylic acid groups (broad SMARTS) is 2. The highest BCUT2D eigenvalue weighted by atomic mass is 79.9. The van der Waals surface area contributed by atoms with Crippen LogP contribution in [0.5, 0.6) is 0 Å². The number of nitrogens with zero attached hydrogens (tertiary/aromatic N) is 2. The lowest BCUT2D eigenvalue weighted by Crippen LogP contribution is -2.69. The van der Waals surface area contributed by atoms with E-state index in [0.29, 0.717) is 21.5 Å². The van der Waals surface area contributed by atoms with Crippen molar-refractivity contribution in [3.63, 3.8) is 0 Å². The number of para-hydroxylation sites is 1. The zero-order valence-corrected chi connectivity index (χ0v) is 24.6. The Hall–Kier alpha value is -5.23. The average Bonchev–Trinajstić information content (AvgIpc) is 3.00. The van der Waals surface area contributed by atoms with Gasteiger partial charge in [0.2, 0.25) is 5.66 Å². The van der Waals surface area contributed by atoms with Crippen molar-refractivity contribution in [1.29, 1.82) is 0 Å². The minimum Gasteiger partial charge on any atom is -0.478 e. The highest BCUT2D eigenvalue weighted by Crippen LogP contribution is 2.35. The standard InChI is InChI=1S/C31H26BrN3O8/c1-31(34(30(42)43-2)18-19-14-16-21(32)17-15-19,29(41)33-24-12-7-9-20-8-3-4-10-22(20)24)35(26(36)28(39)40)25-13-6-5-11-23(25)27(37)38/h3-17H,18H2,1-2H3,(H,33,41)(H,37,38)(H,39,40)/t31-/m1/s1. The molecular formula is C31H26BrN3O8. The predicted molar refractivity (Wildman–Crippen MR) is 162 cm³/mol. The van der Waals surface area contributed by atoms with E-state index in [-0.39, 0.29) is 6.54 Å². The molecule has 12 heteroatoms. The maximum absolute atomic E-state index is 14.5. The molecule has 0 spiro atoms. The van der Waals surface area contributed by atoms with Gasteiger partial charge >= 0.3 is 23.9 Å². The Balaban J connectivity index is 2.01. The fourth-order valence-corrected chi connectivity index (χ4v) is 4.95. The summed E-state index contributed by atoms with van der Waals surface area (Å²) in [6, 6.07) is 24.0. The van der Waals surface area contributed by atoms with Crippen LogP contribution in [0.3, 0.4) is 0 Å². The highest BCUT2D eigenvalue weighted by molar-refractivity contribution is 9.10. The highest BCUT2D eigenvalue weighted by Gasteiger charge is 2.53. The summed E-state index contributed by atoms with van der Waals surface area (Å²) < 4.78 is 5.76. The van der Waals surface area contributed by atoms with Crippen LogP contribution in [0.4, 0.5) is 16.2 Å². The second-order valence-corrected chi connectivity index (χ2v) is 10.4. The number of aliphatic carboxylic acids is 1. The number of methoxy groups -OCH3 is 1. The Morgan fingerprint density at radius 2 is 1.49 bits per heavy atom. The molecule has 4 aromatic carbocycles. The molecule has 0 fully saturated rings. The second kappa shape index (κ2) is 12.7. The first-order chi connectivity index (χ1) is 20.5. The van der Waals surface area contributed by atoms with E-state index in [4.69, 9.17) is 4.74 Å². The van der Waals surface area contributed by atoms with Crippen LogP contribution < -0.4 is 10.2 Å². The number of nitrogens with one attached hydrogen (secondary N) is 1. The molecule has 0 heterocycles. The molecule has 220 valence electrons. The van der Waals surface area contributed by atoms with E-state index in [0.717, 1.165) is 34.9 Å². The van der Waals surface area contributed by atoms with Crippen molar-refractivity contribution in [3.05, 3.63) is 107 Å². The van der Waals surface area contributed by atoms with Gasteiger partial charge in [0.05, 0.1) is 24.9 Å². The van der Waals surface area contributed by atoms with Crippen LogP contribution in [-0.2, 0) is 25.7 Å². The van der Waals surface area contributed by atoms with Crippen molar-refractivity contribution >= 4 is 67.9 Å². The van der Waals surface area contributed by atoms with E-state index in [9.17, 15) is 34.2 Å². The van der Waals surface area contributed by atoms with Crippen LogP contribution in [0.25, 0.3) is 10.8 Å². The molecule has 0 aliphatic heterocycles. The molecule has 1 atom stereocenters. The van der Waals surface area contributed by atoms with Crippen molar-refractivity contribution in [2.75, 3.05) is 17.3 Å². The Bertz CT molecular complexity index is 1720. The third-order valence-corrected chi connectivity index (χ3v) is 7.37. The summed E-state index contributed by atoms with van der Waals surface area (Å²) in [6.07, 6.45) is -1.09. The number of amides is 3. The average molecular weight is 648 g/mol. The topological polar surface area (TPSA) is 154 Å². The second-order valence-electron chi connectivity index (χ2n) is 9.45. The number of halogens is 1. The SMILES string of the molecule is COC(=O)N(Cc1ccc(Br)cc1)[C@@](C)(C(=O)Nc1cccc2ccccc12)N(C(=O)C(=O)O)c1ccccc1C(=O)O. The lowest BCUT2D eigenvalue weighted by Gasteiger charge is -2.46. The molecule has 3 N–H and O–H groups in total. The molecule has 0 saturated carbocycles. The molecule has 0 aromatic heterocycles. The fourth-order valence-electron chi connectivity index (χ4n) is 4.69. The Labute approximate surface area is 254 Å². The number of carbonyl (C=O) groups excluding carboxylic acids is 3. The van der Waals surface area contributed by atoms with Gasteiger partial charge < -0.3 is 20.3 Å². The summed E-state index contributed by atoms with van der Waals surface area (Å²) in [5.41, 5.74) is -2.61. The molecule has 3 amide bonds. The quantitative estimate of drug-likeness (QED) is 0.171. The van der Waals surface area contributed by atoms with Gasteiger partial charge in [0.25, 0.3) is 5.91 Å². The largest absolute Gasteiger partial charge is 0.478 e. The van der Waals surface area contributed by atoms with Gasteiger partial charge in [-0.1, -0.05) is 76.6 Å². The van der Waals surface area contributed by atoms with Crippen molar-refractivity contribution in [3.8, 4) is 0 Å². The summed E-state index contributed by atoms with van der Waals surface area (Å²) in [7, 11) is 1.06. The van der Waals surface area contributed by atoms with Gasteiger partial charge in [-0.05, 0) is 48.2 Å². The van der Waals surface area contributed by atoms with E-state index in [1.807, 2.05) is 18.2 Å². The van der Waals surface area contributed by atoms with Gasteiger partial charge in [-0.3, -0.25) is 19.4 Å². The zero-order chi connectivity index (χ0) is 31.3. The number of ether oxygens (including phenoxy) is 1. The first-order valence-corrected chi connectivity index (χ1v) is 13.6. The van der Waals surface area contributed by atoms with Gasteiger partial charge in [-0.2, -0.15) is 0 Å². The summed E-state index contributed by atoms with van der Waals surface area (Å²) in [6.45, 7) is 0.820. The van der Waals surface area contributed by atoms with E-state index >= 15 is 0 Å². The van der Waals surface area contributed by atoms with Crippen LogP contribution in [0, 0.1) is 0 Å². The van der Waals surface area contributed by atoms with Crippen molar-refractivity contribution in [1.82, 2.24) is 4.90 Å². The van der Waals surface area contributed by atoms with Crippen LogP contribution in [-0.4, -0.2) is 57.7 Å². The van der Waals surface area contributed by atoms with Gasteiger partial charge in [0.1, 0.15) is 0 Å². The maximum atomic E-state index is 14.5. The van der Waals surface area contributed by atoms with Crippen LogP contribution in [0.1, 0.15) is 22.8 Å². The van der Waals surface area contributed by atoms with Crippen LogP contribution in [0.15, 0.2) is 95.5 Å². The molecule has 11 nitrogen and oxygen atoms in total. The molecule has 0 bridgehead atoms. The minimum atomic E-state index is -2.50. The van der Waals surface area contributed by atoms with Crippen molar-refractivity contribution < 1.29 is 38.9 Å². The molecule has 0 saturated heterocycles. The van der Waals surface area contributed by atoms with Gasteiger partial charge in [0, 0.05) is 15.5 Å². The van der Waals surface area contributed by atoms with E-state index in [1.54, 1.807) is 48.5 Å². The number of carboxylic acids is 2. The van der Waals surface area contributed by atoms with Gasteiger partial charge in [0.15, 0.2) is 0 Å². The number of rotatable bonds is 8. The summed E-state index contributed by atoms with van der Waals surface area (Å²) in [5.74, 6) is -6.15. The Morgan fingerprint density at radius 3 is 2.14 bits per heavy atom. The smallest absolute Gasteiger partial charge is 0.412 e. The van der Waals surface area contributed by atoms with Crippen LogP contribution in [0.2, 0.25) is 0 Å². The monoisotopic (exact) mass is 647 g/mol. The third-order valence-electron chi connectivity index (χ3n) is 6.84. The minimum absolute atomic E-state index is 0.303. The number of fused-ring (bicyclic) bond motifs is 1. The lowest BCUT2D eigenvalue weighted by molar-refractivity contribution is -0.150. The third kappa shape index (κ3) is 6.19. The number of hydrogen-bond acceptors (Lipinski definition) is 6. The zero-order valence-electron chi connectivity index (χ0n) is 23.0. The number of anilines is 2. The number of benzene rings is 4. The molecule has 0 aliphatic rings. The molecule has 4 aromatic rings. The normalized spacial score (nSPS) is 12.1. The summed E-state index contributed by atoms with van der Waals surface area (Å²) >= 11 is 3.34. The molecule has 0 radical (unpaired) electrons. The first kappa shape index (κ1) is 30.7. The van der Waals surface area contributed by atoms with Gasteiger partial charge in [-0.15, -0.1) is 0 Å². The Kier molecular flexibility index (Phi) is 9.10. The maximum Gasteiger partial charge on any atom is 0.412 e. The first-order valence-electron chi connectivity index (χ1n) is 12.8. The molecule has 43 heavy (non-hydrogen) atoms. The van der Waals surface area contributed by atoms with Crippen molar-refractivity contribution in [2.24, 2.45) is 0 Å². The number of hydrogen-bond donors (Lipinski definition) is 3. The van der Waals surface area contributed by atoms with Gasteiger partial charge in [-0.25, -0.2) is 14.4 Å². The summed E-state index contributed by atoms with van der Waals surface area (Å²) in [4.78, 5) is 67.3. The van der Waals surface area contributed by atoms with E-state index in [1.165, 1.54) is 18.2 Å². The molecule has 0 unspecified atom stereocenters. The molecule has 4 rings (SSSR count). The molecule has 0 aliphatic carbocycles. The lowest BCUT2D eigenvalue weighted by atomic mass is 10.0. The number of carbonyl (C=O) groups is 5. The Morgan fingerprint density at radius 1 is 0.860 bits per heavy atom. The number of aromatic carboxylic acids is 1. The van der Waals surface area contributed by atoms with Crippen LogP contribution >= 0.6 is 15.9 Å². The van der Waals surface area contributed by atoms with E-state index in [2.05, 4.69) is 21.2 Å². The van der Waals surface area contributed by atoms with Crippen molar-refractivity contribution in [2.45, 2.75) is 19.1 Å².